The molecule has 1 N–H and O–H groups in total. The molecule has 134 valence electrons. The Morgan fingerprint density at radius 3 is 2.89 bits per heavy atom. The predicted octanol–water partition coefficient (Wildman–Crippen LogP) is 3.29. The molecule has 1 amide bonds. The van der Waals surface area contributed by atoms with E-state index in [4.69, 9.17) is 4.42 Å². The van der Waals surface area contributed by atoms with Crippen molar-refractivity contribution < 1.29 is 9.21 Å². The van der Waals surface area contributed by atoms with Gasteiger partial charge in [-0.25, -0.2) is 9.97 Å². The van der Waals surface area contributed by atoms with Crippen molar-refractivity contribution in [2.24, 2.45) is 0 Å². The fourth-order valence-electron chi connectivity index (χ4n) is 3.78. The number of imidazole rings is 1. The number of aromatic nitrogens is 4. The summed E-state index contributed by atoms with van der Waals surface area (Å²) in [6.45, 7) is 2.61. The van der Waals surface area contributed by atoms with Crippen molar-refractivity contribution in [2.45, 2.75) is 18.9 Å². The third-order valence-corrected chi connectivity index (χ3v) is 5.07. The smallest absolute Gasteiger partial charge is 0.292 e. The molecule has 3 aromatic heterocycles. The Kier molecular flexibility index (Phi) is 3.53. The van der Waals surface area contributed by atoms with E-state index >= 15 is 0 Å². The maximum Gasteiger partial charge on any atom is 0.292 e. The SMILES string of the molecule is C[C@@H]1CN(C(=O)c2cnco2)[C@@H](c2cc3ccccc3cn2)c2nc[nH]c21. The fourth-order valence-corrected chi connectivity index (χ4v) is 3.78. The maximum absolute atomic E-state index is 13.1. The van der Waals surface area contributed by atoms with E-state index in [1.165, 1.54) is 12.6 Å². The molecule has 2 atom stereocenters. The van der Waals surface area contributed by atoms with E-state index in [0.29, 0.717) is 6.54 Å². The fraction of sp³-hybridized carbons (Fsp3) is 0.200. The van der Waals surface area contributed by atoms with Gasteiger partial charge in [0.2, 0.25) is 5.76 Å². The summed E-state index contributed by atoms with van der Waals surface area (Å²) < 4.78 is 5.26. The van der Waals surface area contributed by atoms with Crippen LogP contribution in [0.15, 0.2) is 59.9 Å². The van der Waals surface area contributed by atoms with Crippen LogP contribution in [0.4, 0.5) is 0 Å². The Hall–Kier alpha value is -3.48. The van der Waals surface area contributed by atoms with Gasteiger partial charge in [-0.15, -0.1) is 0 Å². The molecule has 0 spiro atoms. The topological polar surface area (TPSA) is 87.9 Å². The van der Waals surface area contributed by atoms with Crippen LogP contribution in [0.2, 0.25) is 0 Å². The first-order valence-electron chi connectivity index (χ1n) is 8.79. The van der Waals surface area contributed by atoms with Crippen LogP contribution in [0, 0.1) is 0 Å². The molecule has 4 heterocycles. The van der Waals surface area contributed by atoms with Crippen LogP contribution in [-0.4, -0.2) is 37.3 Å². The number of pyridine rings is 1. The van der Waals surface area contributed by atoms with Gasteiger partial charge in [0.05, 0.1) is 23.9 Å². The van der Waals surface area contributed by atoms with Gasteiger partial charge in [-0.2, -0.15) is 0 Å². The molecule has 1 aliphatic rings. The van der Waals surface area contributed by atoms with Crippen LogP contribution >= 0.6 is 0 Å². The van der Waals surface area contributed by atoms with Crippen molar-refractivity contribution in [2.75, 3.05) is 6.54 Å². The lowest BCUT2D eigenvalue weighted by Crippen LogP contribution is -2.42. The third kappa shape index (κ3) is 2.51. The van der Waals surface area contributed by atoms with Gasteiger partial charge in [0, 0.05) is 29.7 Å². The largest absolute Gasteiger partial charge is 0.438 e. The number of aromatic amines is 1. The van der Waals surface area contributed by atoms with Crippen LogP contribution in [0.5, 0.6) is 0 Å². The molecule has 1 aromatic carbocycles. The number of H-pyrrole nitrogens is 1. The molecular weight excluding hydrogens is 342 g/mol. The molecule has 0 saturated heterocycles. The lowest BCUT2D eigenvalue weighted by atomic mass is 9.92. The Labute approximate surface area is 155 Å². The standard InChI is InChI=1S/C20H17N5O2/c1-12-9-25(20(26)16-8-21-11-27-16)19(18-17(12)23-10-24-18)15-6-13-4-2-3-5-14(13)7-22-15/h2-8,10-12,19H,9H2,1H3,(H,23,24)/t12-,19+/m1/s1. The summed E-state index contributed by atoms with van der Waals surface area (Å²) in [5, 5.41) is 2.13. The first kappa shape index (κ1) is 15.7. The van der Waals surface area contributed by atoms with Gasteiger partial charge in [0.15, 0.2) is 6.39 Å². The number of nitrogens with one attached hydrogen (secondary N) is 1. The highest BCUT2D eigenvalue weighted by atomic mass is 16.3. The normalized spacial score (nSPS) is 19.2. The predicted molar refractivity (Wildman–Crippen MR) is 98.1 cm³/mol. The molecular formula is C20H17N5O2. The number of oxazole rings is 1. The van der Waals surface area contributed by atoms with E-state index in [0.717, 1.165) is 27.9 Å². The van der Waals surface area contributed by atoms with Crippen LogP contribution < -0.4 is 0 Å². The number of rotatable bonds is 2. The monoisotopic (exact) mass is 359 g/mol. The second kappa shape index (κ2) is 6.05. The highest BCUT2D eigenvalue weighted by Gasteiger charge is 2.39. The molecule has 5 rings (SSSR count). The number of nitrogens with zero attached hydrogens (tertiary/aromatic N) is 4. The van der Waals surface area contributed by atoms with Gasteiger partial charge >= 0.3 is 0 Å². The Morgan fingerprint density at radius 2 is 2.07 bits per heavy atom. The van der Waals surface area contributed by atoms with Crippen molar-refractivity contribution in [3.05, 3.63) is 78.3 Å². The second-order valence-electron chi connectivity index (χ2n) is 6.78. The number of amides is 1. The van der Waals surface area contributed by atoms with Gasteiger partial charge in [-0.1, -0.05) is 31.2 Å². The van der Waals surface area contributed by atoms with E-state index in [2.05, 4.69) is 26.9 Å². The minimum atomic E-state index is -0.385. The summed E-state index contributed by atoms with van der Waals surface area (Å²) >= 11 is 0. The number of hydrogen-bond donors (Lipinski definition) is 1. The zero-order valence-corrected chi connectivity index (χ0v) is 14.7. The van der Waals surface area contributed by atoms with Gasteiger partial charge in [-0.3, -0.25) is 9.78 Å². The highest BCUT2D eigenvalue weighted by molar-refractivity contribution is 5.92. The summed E-state index contributed by atoms with van der Waals surface area (Å²) in [5.41, 5.74) is 2.64. The van der Waals surface area contributed by atoms with Crippen LogP contribution in [-0.2, 0) is 0 Å². The third-order valence-electron chi connectivity index (χ3n) is 5.07. The summed E-state index contributed by atoms with van der Waals surface area (Å²) in [4.78, 5) is 31.2. The van der Waals surface area contributed by atoms with E-state index in [-0.39, 0.29) is 23.6 Å². The molecule has 7 heteroatoms. The lowest BCUT2D eigenvalue weighted by molar-refractivity contribution is 0.0637. The Bertz CT molecular complexity index is 1120. The number of carbonyl (C=O) groups excluding carboxylic acids is 1. The molecule has 0 unspecified atom stereocenters. The van der Waals surface area contributed by atoms with Crippen molar-refractivity contribution >= 4 is 16.7 Å². The second-order valence-corrected chi connectivity index (χ2v) is 6.78. The molecule has 4 aromatic rings. The number of fused-ring (bicyclic) bond motifs is 2. The van der Waals surface area contributed by atoms with Crippen molar-refractivity contribution in [3.8, 4) is 0 Å². The van der Waals surface area contributed by atoms with E-state index in [1.807, 2.05) is 36.5 Å². The van der Waals surface area contributed by atoms with Crippen molar-refractivity contribution in [3.63, 3.8) is 0 Å². The average molecular weight is 359 g/mol. The summed E-state index contributed by atoms with van der Waals surface area (Å²) in [7, 11) is 0. The maximum atomic E-state index is 13.1. The van der Waals surface area contributed by atoms with Gasteiger partial charge in [0.25, 0.3) is 5.91 Å². The molecule has 0 bridgehead atoms. The molecule has 0 aliphatic carbocycles. The quantitative estimate of drug-likeness (QED) is 0.593. The van der Waals surface area contributed by atoms with Gasteiger partial charge in [0.1, 0.15) is 6.04 Å². The van der Waals surface area contributed by atoms with Crippen LogP contribution in [0.25, 0.3) is 10.8 Å². The van der Waals surface area contributed by atoms with Gasteiger partial charge < -0.3 is 14.3 Å². The zero-order valence-electron chi connectivity index (χ0n) is 14.7. The van der Waals surface area contributed by atoms with E-state index < -0.39 is 0 Å². The number of hydrogen-bond acceptors (Lipinski definition) is 5. The van der Waals surface area contributed by atoms with Crippen molar-refractivity contribution in [1.82, 2.24) is 24.8 Å². The van der Waals surface area contributed by atoms with Crippen molar-refractivity contribution in [1.29, 1.82) is 0 Å². The average Bonchev–Trinajstić information content (AvgIpc) is 3.39. The van der Waals surface area contributed by atoms with Crippen LogP contribution in [0.3, 0.4) is 0 Å². The zero-order chi connectivity index (χ0) is 18.4. The van der Waals surface area contributed by atoms with Crippen LogP contribution in [0.1, 0.15) is 46.5 Å². The summed E-state index contributed by atoms with van der Waals surface area (Å²) in [5.74, 6) is 0.131. The first-order chi connectivity index (χ1) is 13.2. The lowest BCUT2D eigenvalue weighted by Gasteiger charge is -2.37. The molecule has 0 radical (unpaired) electrons. The van der Waals surface area contributed by atoms with Gasteiger partial charge in [-0.05, 0) is 11.5 Å². The molecule has 1 aliphatic heterocycles. The van der Waals surface area contributed by atoms with E-state index in [1.54, 1.807) is 11.2 Å². The molecule has 0 saturated carbocycles. The summed E-state index contributed by atoms with van der Waals surface area (Å²) in [6, 6.07) is 9.68. The number of carbonyl (C=O) groups is 1. The minimum Gasteiger partial charge on any atom is -0.438 e. The first-order valence-corrected chi connectivity index (χ1v) is 8.79. The summed E-state index contributed by atoms with van der Waals surface area (Å²) in [6.07, 6.45) is 6.23. The van der Waals surface area contributed by atoms with E-state index in [9.17, 15) is 4.79 Å². The Balaban J connectivity index is 1.66. The highest BCUT2D eigenvalue weighted by Crippen LogP contribution is 2.38. The minimum absolute atomic E-state index is 0.131. The molecule has 27 heavy (non-hydrogen) atoms. The molecule has 0 fully saturated rings. The Morgan fingerprint density at radius 1 is 1.22 bits per heavy atom. The molecule has 7 nitrogen and oxygen atoms in total. The number of benzene rings is 1.